The van der Waals surface area contributed by atoms with Gasteiger partial charge in [0.1, 0.15) is 5.82 Å². The predicted molar refractivity (Wildman–Crippen MR) is 89.8 cm³/mol. The number of likely N-dealkylation sites (tertiary alicyclic amines) is 1. The molecule has 132 valence electrons. The number of benzene rings is 1. The van der Waals surface area contributed by atoms with Gasteiger partial charge in [-0.25, -0.2) is 4.39 Å². The van der Waals surface area contributed by atoms with Crippen molar-refractivity contribution >= 4 is 11.6 Å². The Balaban J connectivity index is 1.74. The summed E-state index contributed by atoms with van der Waals surface area (Å²) in [6.07, 6.45) is 1.95. The Morgan fingerprint density at radius 1 is 1.38 bits per heavy atom. The average Bonchev–Trinajstić information content (AvgIpc) is 3.02. The van der Waals surface area contributed by atoms with Gasteiger partial charge < -0.3 is 19.6 Å². The monoisotopic (exact) mass is 336 g/mol. The number of rotatable bonds is 4. The first-order valence-corrected chi connectivity index (χ1v) is 8.67. The molecular weight excluding hydrogens is 311 g/mol. The minimum absolute atomic E-state index is 0.0412. The SMILES string of the molecule is CC(O)CC1CCCN1C(=O)c1ccc(N2CCOCC2)c(F)c1. The zero-order valence-electron chi connectivity index (χ0n) is 14.1. The van der Waals surface area contributed by atoms with Crippen LogP contribution in [-0.2, 0) is 4.74 Å². The molecule has 1 aromatic carbocycles. The van der Waals surface area contributed by atoms with E-state index in [1.807, 2.05) is 4.90 Å². The van der Waals surface area contributed by atoms with Crippen LogP contribution in [0.25, 0.3) is 0 Å². The molecule has 2 aliphatic rings. The minimum atomic E-state index is -0.441. The topological polar surface area (TPSA) is 53.0 Å². The summed E-state index contributed by atoms with van der Waals surface area (Å²) in [5.74, 6) is -0.514. The summed E-state index contributed by atoms with van der Waals surface area (Å²) in [4.78, 5) is 16.4. The zero-order valence-corrected chi connectivity index (χ0v) is 14.1. The molecule has 2 aliphatic heterocycles. The zero-order chi connectivity index (χ0) is 17.1. The van der Waals surface area contributed by atoms with E-state index >= 15 is 0 Å². The highest BCUT2D eigenvalue weighted by molar-refractivity contribution is 5.95. The molecule has 0 spiro atoms. The van der Waals surface area contributed by atoms with Gasteiger partial charge in [0, 0.05) is 31.2 Å². The third-order valence-corrected chi connectivity index (χ3v) is 4.80. The fourth-order valence-corrected chi connectivity index (χ4v) is 3.61. The molecule has 0 bridgehead atoms. The molecule has 1 aromatic rings. The number of hydrogen-bond acceptors (Lipinski definition) is 4. The van der Waals surface area contributed by atoms with Crippen LogP contribution in [0.15, 0.2) is 18.2 Å². The van der Waals surface area contributed by atoms with Gasteiger partial charge in [-0.1, -0.05) is 0 Å². The van der Waals surface area contributed by atoms with Crippen LogP contribution in [0.3, 0.4) is 0 Å². The lowest BCUT2D eigenvalue weighted by molar-refractivity contribution is 0.0681. The van der Waals surface area contributed by atoms with Crippen LogP contribution in [0.5, 0.6) is 0 Å². The lowest BCUT2D eigenvalue weighted by Crippen LogP contribution is -2.38. The van der Waals surface area contributed by atoms with Crippen LogP contribution in [-0.4, -0.2) is 60.9 Å². The Kier molecular flexibility index (Phi) is 5.36. The van der Waals surface area contributed by atoms with E-state index in [4.69, 9.17) is 4.74 Å². The number of morpholine rings is 1. The number of nitrogens with zero attached hydrogens (tertiary/aromatic N) is 2. The Morgan fingerprint density at radius 2 is 2.12 bits per heavy atom. The first-order valence-electron chi connectivity index (χ1n) is 8.67. The molecule has 0 radical (unpaired) electrons. The number of carbonyl (C=O) groups is 1. The van der Waals surface area contributed by atoms with E-state index in [0.29, 0.717) is 50.5 Å². The van der Waals surface area contributed by atoms with E-state index in [9.17, 15) is 14.3 Å². The minimum Gasteiger partial charge on any atom is -0.393 e. The van der Waals surface area contributed by atoms with Crippen LogP contribution >= 0.6 is 0 Å². The van der Waals surface area contributed by atoms with Crippen molar-refractivity contribution in [1.29, 1.82) is 0 Å². The van der Waals surface area contributed by atoms with E-state index in [2.05, 4.69) is 0 Å². The molecule has 6 heteroatoms. The molecule has 3 rings (SSSR count). The number of anilines is 1. The number of ether oxygens (including phenoxy) is 1. The summed E-state index contributed by atoms with van der Waals surface area (Å²) in [5, 5.41) is 9.59. The van der Waals surface area contributed by atoms with Crippen molar-refractivity contribution in [3.63, 3.8) is 0 Å². The lowest BCUT2D eigenvalue weighted by atomic mass is 10.1. The predicted octanol–water partition coefficient (Wildman–Crippen LogP) is 2.04. The molecule has 2 atom stereocenters. The Morgan fingerprint density at radius 3 is 2.79 bits per heavy atom. The van der Waals surface area contributed by atoms with Crippen molar-refractivity contribution < 1.29 is 19.0 Å². The van der Waals surface area contributed by atoms with Crippen LogP contribution < -0.4 is 4.90 Å². The fourth-order valence-electron chi connectivity index (χ4n) is 3.61. The summed E-state index contributed by atoms with van der Waals surface area (Å²) in [5.41, 5.74) is 0.902. The highest BCUT2D eigenvalue weighted by Crippen LogP contribution is 2.26. The van der Waals surface area contributed by atoms with Gasteiger partial charge in [0.25, 0.3) is 5.91 Å². The number of carbonyl (C=O) groups excluding carboxylic acids is 1. The average molecular weight is 336 g/mol. The molecule has 2 heterocycles. The van der Waals surface area contributed by atoms with Crippen molar-refractivity contribution in [3.8, 4) is 0 Å². The van der Waals surface area contributed by atoms with Crippen LogP contribution in [0.2, 0.25) is 0 Å². The Labute approximate surface area is 142 Å². The quantitative estimate of drug-likeness (QED) is 0.914. The lowest BCUT2D eigenvalue weighted by Gasteiger charge is -2.29. The molecule has 5 nitrogen and oxygen atoms in total. The van der Waals surface area contributed by atoms with Gasteiger partial charge in [-0.3, -0.25) is 4.79 Å². The van der Waals surface area contributed by atoms with Gasteiger partial charge in [0.2, 0.25) is 0 Å². The summed E-state index contributed by atoms with van der Waals surface area (Å²) in [7, 11) is 0. The molecule has 2 fully saturated rings. The van der Waals surface area contributed by atoms with Crippen molar-refractivity contribution in [1.82, 2.24) is 4.90 Å². The maximum atomic E-state index is 14.5. The van der Waals surface area contributed by atoms with Gasteiger partial charge in [-0.15, -0.1) is 0 Å². The molecule has 1 N–H and O–H groups in total. The van der Waals surface area contributed by atoms with E-state index in [0.717, 1.165) is 12.8 Å². The van der Waals surface area contributed by atoms with E-state index in [1.54, 1.807) is 24.0 Å². The van der Waals surface area contributed by atoms with Gasteiger partial charge >= 0.3 is 0 Å². The van der Waals surface area contributed by atoms with Gasteiger partial charge in [0.15, 0.2) is 0 Å². The van der Waals surface area contributed by atoms with Gasteiger partial charge in [-0.05, 0) is 44.4 Å². The van der Waals surface area contributed by atoms with Gasteiger partial charge in [-0.2, -0.15) is 0 Å². The van der Waals surface area contributed by atoms with Crippen molar-refractivity contribution in [2.75, 3.05) is 37.7 Å². The molecule has 0 aromatic heterocycles. The van der Waals surface area contributed by atoms with Crippen molar-refractivity contribution in [3.05, 3.63) is 29.6 Å². The molecule has 24 heavy (non-hydrogen) atoms. The smallest absolute Gasteiger partial charge is 0.254 e. The molecule has 2 saturated heterocycles. The highest BCUT2D eigenvalue weighted by atomic mass is 19.1. The van der Waals surface area contributed by atoms with Crippen molar-refractivity contribution in [2.45, 2.75) is 38.3 Å². The maximum Gasteiger partial charge on any atom is 0.254 e. The van der Waals surface area contributed by atoms with E-state index in [-0.39, 0.29) is 17.8 Å². The number of hydrogen-bond donors (Lipinski definition) is 1. The highest BCUT2D eigenvalue weighted by Gasteiger charge is 2.30. The van der Waals surface area contributed by atoms with E-state index in [1.165, 1.54) is 6.07 Å². The van der Waals surface area contributed by atoms with Crippen LogP contribution in [0.4, 0.5) is 10.1 Å². The molecular formula is C18H25FN2O3. The van der Waals surface area contributed by atoms with Crippen LogP contribution in [0, 0.1) is 5.82 Å². The molecule has 0 aliphatic carbocycles. The van der Waals surface area contributed by atoms with E-state index < -0.39 is 6.10 Å². The summed E-state index contributed by atoms with van der Waals surface area (Å²) >= 11 is 0. The number of halogens is 1. The molecule has 2 unspecified atom stereocenters. The fraction of sp³-hybridized carbons (Fsp3) is 0.611. The molecule has 0 saturated carbocycles. The first-order chi connectivity index (χ1) is 11.6. The maximum absolute atomic E-state index is 14.5. The number of aliphatic hydroxyl groups is 1. The third kappa shape index (κ3) is 3.70. The second-order valence-corrected chi connectivity index (χ2v) is 6.64. The first kappa shape index (κ1) is 17.2. The summed E-state index contributed by atoms with van der Waals surface area (Å²) < 4.78 is 19.8. The largest absolute Gasteiger partial charge is 0.393 e. The summed E-state index contributed by atoms with van der Waals surface area (Å²) in [6.45, 7) is 4.91. The Hall–Kier alpha value is -1.66. The second kappa shape index (κ2) is 7.49. The van der Waals surface area contributed by atoms with Crippen molar-refractivity contribution in [2.24, 2.45) is 0 Å². The van der Waals surface area contributed by atoms with Gasteiger partial charge in [0.05, 0.1) is 25.0 Å². The normalized spacial score (nSPS) is 22.7. The number of aliphatic hydroxyl groups excluding tert-OH is 1. The Bertz CT molecular complexity index is 588. The third-order valence-electron chi connectivity index (χ3n) is 4.80. The molecule has 1 amide bonds. The standard InChI is InChI=1S/C18H25FN2O3/c1-13(22)11-15-3-2-6-21(15)18(23)14-4-5-17(16(19)12-14)20-7-9-24-10-8-20/h4-5,12-13,15,22H,2-3,6-11H2,1H3. The van der Waals surface area contributed by atoms with Crippen LogP contribution in [0.1, 0.15) is 36.5 Å². The number of amides is 1. The second-order valence-electron chi connectivity index (χ2n) is 6.64. The summed E-state index contributed by atoms with van der Waals surface area (Å²) in [6, 6.07) is 4.77.